The second-order valence-corrected chi connectivity index (χ2v) is 25.5. The molecule has 0 bridgehead atoms. The van der Waals surface area contributed by atoms with E-state index in [0.29, 0.717) is 18.8 Å². The molecule has 6 aromatic rings. The SMILES string of the molecule is [C-]#[N+]c1sc2c(sc1[N+]#[C-])c1c(=O)n(CC(CCCCCCCC)CCCCCCCCCC)c(=O)c3c4sc(C#N)c(C#N)sc4c4c(=O)n(CC(CCCCCCCC)CCCCCCCCCC)c(=O)c2c4c31. The largest absolute Gasteiger partial charge is 0.274 e. The summed E-state index contributed by atoms with van der Waals surface area (Å²) >= 11 is 3.97. The number of nitriles is 2. The van der Waals surface area contributed by atoms with E-state index in [2.05, 4.69) is 49.5 Å². The van der Waals surface area contributed by atoms with Gasteiger partial charge in [0.2, 0.25) is 0 Å². The highest BCUT2D eigenvalue weighted by Gasteiger charge is 2.31. The van der Waals surface area contributed by atoms with E-state index >= 15 is 19.2 Å². The van der Waals surface area contributed by atoms with Crippen LogP contribution in [0.15, 0.2) is 19.2 Å². The van der Waals surface area contributed by atoms with E-state index in [-0.39, 0.29) is 77.0 Å². The maximum Gasteiger partial charge on any atom is 0.262 e. The fraction of sp³-hybridized carbons (Fsp3) is 0.645. The van der Waals surface area contributed by atoms with Gasteiger partial charge in [-0.15, -0.1) is 22.7 Å². The van der Waals surface area contributed by atoms with Gasteiger partial charge in [-0.25, -0.2) is 9.69 Å². The van der Waals surface area contributed by atoms with Crippen molar-refractivity contribution in [1.82, 2.24) is 9.13 Å². The first kappa shape index (κ1) is 60.5. The zero-order valence-corrected chi connectivity index (χ0v) is 49.4. The molecule has 0 spiro atoms. The second kappa shape index (κ2) is 31.6. The Labute approximate surface area is 467 Å². The zero-order chi connectivity index (χ0) is 54.4. The molecule has 0 amide bonds. The van der Waals surface area contributed by atoms with Gasteiger partial charge in [-0.2, -0.15) is 33.2 Å². The summed E-state index contributed by atoms with van der Waals surface area (Å²) in [5, 5.41) is 22.2. The highest BCUT2D eigenvalue weighted by molar-refractivity contribution is 7.35. The Hall–Kier alpha value is -4.70. The number of hydrogen-bond acceptors (Lipinski definition) is 10. The first-order valence-electron chi connectivity index (χ1n) is 29.3. The maximum absolute atomic E-state index is 15.6. The van der Waals surface area contributed by atoms with Crippen LogP contribution < -0.4 is 22.2 Å². The minimum Gasteiger partial charge on any atom is -0.274 e. The standard InChI is InChI=1S/C62H82N6O4S4/c1-7-11-15-19-23-25-29-33-37-43(35-31-27-21-17-13-9-3)41-67-59(69)49-47-48-50(54-53(49)73-45(39-63)46(40-64)74-54)60(70)68(42-44(36-32-28-22-18-14-10-4)38-34-30-26-24-20-16-12-8-2)62(72)52(48)56-55(51(47)61(67)71)75-57(65-5)58(66-6)76-56/h43-44H,7-38,41-42H2,1-4H3. The van der Waals surface area contributed by atoms with Crippen molar-refractivity contribution in [2.45, 2.75) is 246 Å². The molecule has 4 heterocycles. The predicted octanol–water partition coefficient (Wildman–Crippen LogP) is 19.4. The molecule has 2 unspecified atom stereocenters. The molecule has 14 heteroatoms. The summed E-state index contributed by atoms with van der Waals surface area (Å²) in [6.07, 6.45) is 35.6. The molecule has 4 aromatic heterocycles. The quantitative estimate of drug-likeness (QED) is 0.0166. The minimum atomic E-state index is -0.538. The molecule has 0 saturated heterocycles. The van der Waals surface area contributed by atoms with Crippen LogP contribution in [0, 0.1) is 47.6 Å². The molecule has 0 N–H and O–H groups in total. The fourth-order valence-electron chi connectivity index (χ4n) is 11.5. The molecule has 0 fully saturated rings. The van der Waals surface area contributed by atoms with Gasteiger partial charge >= 0.3 is 0 Å². The summed E-state index contributed by atoms with van der Waals surface area (Å²) < 4.78 is 4.11. The summed E-state index contributed by atoms with van der Waals surface area (Å²) in [7, 11) is 0. The molecule has 0 saturated carbocycles. The van der Waals surface area contributed by atoms with Gasteiger partial charge in [-0.05, 0) is 37.5 Å². The molecule has 0 radical (unpaired) electrons. The summed E-state index contributed by atoms with van der Waals surface area (Å²) in [5.41, 5.74) is -2.15. The number of nitrogens with zero attached hydrogens (tertiary/aromatic N) is 6. The molecule has 6 rings (SSSR count). The molecule has 2 atom stereocenters. The molecule has 10 nitrogen and oxygen atoms in total. The van der Waals surface area contributed by atoms with Crippen molar-refractivity contribution in [3.05, 3.63) is 74.0 Å². The summed E-state index contributed by atoms with van der Waals surface area (Å²) in [6.45, 7) is 25.6. The van der Waals surface area contributed by atoms with E-state index in [0.717, 1.165) is 161 Å². The van der Waals surface area contributed by atoms with Crippen molar-refractivity contribution in [2.75, 3.05) is 0 Å². The number of pyridine rings is 2. The first-order chi connectivity index (χ1) is 37.1. The van der Waals surface area contributed by atoms with Crippen LogP contribution in [0.2, 0.25) is 0 Å². The second-order valence-electron chi connectivity index (χ2n) is 21.5. The van der Waals surface area contributed by atoms with Gasteiger partial charge in [-0.1, -0.05) is 207 Å². The number of unbranched alkanes of at least 4 members (excludes halogenated alkanes) is 24. The monoisotopic (exact) mass is 1100 g/mol. The lowest BCUT2D eigenvalue weighted by atomic mass is 9.92. The summed E-state index contributed by atoms with van der Waals surface area (Å²) in [6, 6.07) is 4.37. The van der Waals surface area contributed by atoms with Crippen molar-refractivity contribution < 1.29 is 0 Å². The van der Waals surface area contributed by atoms with Crippen LogP contribution in [0.5, 0.6) is 0 Å². The molecular formula is C62H82N6O4S4. The van der Waals surface area contributed by atoms with E-state index < -0.39 is 22.2 Å². The zero-order valence-electron chi connectivity index (χ0n) is 46.1. The number of rotatable bonds is 36. The van der Waals surface area contributed by atoms with Gasteiger partial charge in [0.25, 0.3) is 32.2 Å². The smallest absolute Gasteiger partial charge is 0.262 e. The molecule has 0 aliphatic heterocycles. The van der Waals surface area contributed by atoms with Crippen LogP contribution in [-0.2, 0) is 13.1 Å². The molecule has 0 aliphatic carbocycles. The number of benzene rings is 2. The Morgan fingerprint density at radius 1 is 0.382 bits per heavy atom. The van der Waals surface area contributed by atoms with Crippen LogP contribution in [0.1, 0.15) is 243 Å². The molecule has 2 aromatic carbocycles. The lowest BCUT2D eigenvalue weighted by molar-refractivity contribution is 0.350. The number of hydrogen-bond donors (Lipinski definition) is 0. The molecule has 408 valence electrons. The van der Waals surface area contributed by atoms with Crippen LogP contribution in [-0.4, -0.2) is 9.13 Å². The van der Waals surface area contributed by atoms with Crippen LogP contribution >= 0.6 is 45.3 Å². The Kier molecular flexibility index (Phi) is 25.2. The Morgan fingerprint density at radius 2 is 0.618 bits per heavy atom. The predicted molar refractivity (Wildman–Crippen MR) is 326 cm³/mol. The third-order valence-electron chi connectivity index (χ3n) is 15.8. The molecule has 76 heavy (non-hydrogen) atoms. The highest BCUT2D eigenvalue weighted by atomic mass is 32.1. The number of fused-ring (bicyclic) bond motifs is 6. The van der Waals surface area contributed by atoms with Crippen molar-refractivity contribution >= 4 is 106 Å². The average Bonchev–Trinajstić information content (AvgIpc) is 3.55. The van der Waals surface area contributed by atoms with E-state index in [1.807, 2.05) is 0 Å². The van der Waals surface area contributed by atoms with Gasteiger partial charge in [0.05, 0.1) is 44.1 Å². The summed E-state index contributed by atoms with van der Waals surface area (Å²) in [5.74, 6) is 0.0617. The van der Waals surface area contributed by atoms with Crippen molar-refractivity contribution in [3.63, 3.8) is 0 Å². The van der Waals surface area contributed by atoms with Gasteiger partial charge in [0.1, 0.15) is 21.9 Å². The third-order valence-corrected chi connectivity index (χ3v) is 20.7. The minimum absolute atomic E-state index is 0.0308. The van der Waals surface area contributed by atoms with Crippen molar-refractivity contribution in [1.29, 1.82) is 10.5 Å². The topological polar surface area (TPSA) is 134 Å². The Morgan fingerprint density at radius 3 is 0.855 bits per heavy atom. The lowest BCUT2D eigenvalue weighted by Gasteiger charge is -2.22. The highest BCUT2D eigenvalue weighted by Crippen LogP contribution is 2.50. The van der Waals surface area contributed by atoms with E-state index in [1.54, 1.807) is 0 Å². The first-order valence-corrected chi connectivity index (χ1v) is 32.6. The average molecular weight is 1100 g/mol. The maximum atomic E-state index is 15.6. The lowest BCUT2D eigenvalue weighted by Crippen LogP contribution is -2.38. The van der Waals surface area contributed by atoms with Crippen LogP contribution in [0.3, 0.4) is 0 Å². The number of aromatic nitrogens is 2. The fourth-order valence-corrected chi connectivity index (χ4v) is 16.0. The van der Waals surface area contributed by atoms with Gasteiger partial charge in [0, 0.05) is 33.3 Å². The van der Waals surface area contributed by atoms with Crippen LogP contribution in [0.4, 0.5) is 10.0 Å². The Balaban J connectivity index is 1.59. The summed E-state index contributed by atoms with van der Waals surface area (Å²) in [4.78, 5) is 70.2. The Bertz CT molecular complexity index is 2920. The molecular weight excluding hydrogens is 1020 g/mol. The van der Waals surface area contributed by atoms with Crippen molar-refractivity contribution in [3.8, 4) is 12.1 Å². The van der Waals surface area contributed by atoms with Gasteiger partial charge in [0.15, 0.2) is 0 Å². The van der Waals surface area contributed by atoms with Gasteiger partial charge in [-0.3, -0.25) is 28.3 Å². The van der Waals surface area contributed by atoms with E-state index in [4.69, 9.17) is 13.1 Å². The van der Waals surface area contributed by atoms with E-state index in [1.165, 1.54) is 99.0 Å². The third kappa shape index (κ3) is 14.9. The van der Waals surface area contributed by atoms with Gasteiger partial charge < -0.3 is 0 Å². The van der Waals surface area contributed by atoms with E-state index in [9.17, 15) is 10.5 Å². The van der Waals surface area contributed by atoms with Crippen LogP contribution in [0.25, 0.3) is 60.8 Å². The molecule has 0 aliphatic rings. The normalized spacial score (nSPS) is 12.5. The van der Waals surface area contributed by atoms with Crippen molar-refractivity contribution in [2.24, 2.45) is 11.8 Å².